The second kappa shape index (κ2) is 3.38. The lowest BCUT2D eigenvalue weighted by molar-refractivity contribution is 0.0833. The molecule has 0 atom stereocenters. The molecule has 0 fully saturated rings. The second-order valence-corrected chi connectivity index (χ2v) is 4.86. The van der Waals surface area contributed by atoms with Crippen LogP contribution in [0, 0.1) is 6.92 Å². The van der Waals surface area contributed by atoms with Gasteiger partial charge >= 0.3 is 0 Å². The van der Waals surface area contributed by atoms with Crippen LogP contribution in [0.3, 0.4) is 0 Å². The van der Waals surface area contributed by atoms with Gasteiger partial charge in [0.25, 0.3) is 5.91 Å². The van der Waals surface area contributed by atoms with Gasteiger partial charge in [-0.1, -0.05) is 13.5 Å². The molecule has 1 aromatic heterocycles. The highest BCUT2D eigenvalue weighted by atomic mass is 32.1. The van der Waals surface area contributed by atoms with Crippen LogP contribution >= 0.6 is 11.3 Å². The van der Waals surface area contributed by atoms with E-state index in [0.29, 0.717) is 5.82 Å². The van der Waals surface area contributed by atoms with Crippen molar-refractivity contribution in [3.63, 3.8) is 0 Å². The van der Waals surface area contributed by atoms with E-state index in [1.807, 2.05) is 0 Å². The van der Waals surface area contributed by atoms with Crippen LogP contribution in [0.1, 0.15) is 27.7 Å². The number of amides is 1. The van der Waals surface area contributed by atoms with Crippen molar-refractivity contribution in [2.75, 3.05) is 12.4 Å². The van der Waals surface area contributed by atoms with E-state index in [0.717, 1.165) is 22.5 Å². The lowest BCUT2D eigenvalue weighted by Crippen LogP contribution is -2.34. The number of carbonyl (C=O) groups is 1. The molecule has 1 aliphatic rings. The Morgan fingerprint density at radius 3 is 2.80 bits per heavy atom. The molecule has 0 unspecified atom stereocenters. The highest BCUT2D eigenvalue weighted by Gasteiger charge is 2.29. The minimum absolute atomic E-state index is 0.0509. The third kappa shape index (κ3) is 1.36. The molecule has 0 bridgehead atoms. The fraction of sp³-hybridized carbons (Fsp3) is 0.364. The van der Waals surface area contributed by atoms with E-state index in [2.05, 4.69) is 25.7 Å². The quantitative estimate of drug-likeness (QED) is 0.792. The maximum absolute atomic E-state index is 12.1. The zero-order chi connectivity index (χ0) is 11.2. The number of nitrogens with zero attached hydrogens (tertiary/aromatic N) is 1. The summed E-state index contributed by atoms with van der Waals surface area (Å²) < 4.78 is 0. The summed E-state index contributed by atoms with van der Waals surface area (Å²) in [4.78, 5) is 14.8. The van der Waals surface area contributed by atoms with E-state index in [1.165, 1.54) is 4.88 Å². The van der Waals surface area contributed by atoms with Crippen LogP contribution in [0.25, 0.3) is 0 Å². The third-order valence-corrected chi connectivity index (χ3v) is 3.81. The molecular formula is C11H14N2OS. The maximum Gasteiger partial charge on any atom is 0.262 e. The highest BCUT2D eigenvalue weighted by molar-refractivity contribution is 7.16. The summed E-state index contributed by atoms with van der Waals surface area (Å²) in [6, 6.07) is 0. The summed E-state index contributed by atoms with van der Waals surface area (Å²) in [7, 11) is 1.74. The minimum atomic E-state index is 0.0509. The molecule has 0 aliphatic carbocycles. The number of hydrogen-bond acceptors (Lipinski definition) is 3. The van der Waals surface area contributed by atoms with Crippen molar-refractivity contribution in [3.05, 3.63) is 28.4 Å². The fourth-order valence-corrected chi connectivity index (χ4v) is 2.98. The Morgan fingerprint density at radius 2 is 2.20 bits per heavy atom. The number of hydrogen-bond donors (Lipinski definition) is 1. The molecule has 3 nitrogen and oxygen atoms in total. The van der Waals surface area contributed by atoms with Crippen LogP contribution in [0.2, 0.25) is 0 Å². The molecule has 1 aliphatic heterocycles. The molecule has 80 valence electrons. The first-order valence-corrected chi connectivity index (χ1v) is 5.74. The lowest BCUT2D eigenvalue weighted by Gasteiger charge is -2.26. The van der Waals surface area contributed by atoms with Crippen molar-refractivity contribution in [3.8, 4) is 0 Å². The molecule has 4 heteroatoms. The van der Waals surface area contributed by atoms with E-state index in [9.17, 15) is 4.79 Å². The van der Waals surface area contributed by atoms with Crippen molar-refractivity contribution in [1.82, 2.24) is 4.90 Å². The van der Waals surface area contributed by atoms with Crippen molar-refractivity contribution >= 4 is 22.2 Å². The molecular weight excluding hydrogens is 208 g/mol. The number of aryl methyl sites for hydroxylation is 1. The molecule has 0 saturated heterocycles. The number of nitrogens with one attached hydrogen (secondary N) is 1. The first kappa shape index (κ1) is 10.2. The predicted octanol–water partition coefficient (Wildman–Crippen LogP) is 2.59. The standard InChI is InChI=1S/C11H14N2OS/c1-5-8-6(2)15-10-9(8)11(14)13(4)7(3)12-10/h12H,3,5H2,1-2,4H3. The van der Waals surface area contributed by atoms with Gasteiger partial charge in [-0.2, -0.15) is 0 Å². The Bertz CT molecular complexity index is 448. The van der Waals surface area contributed by atoms with E-state index >= 15 is 0 Å². The average Bonchev–Trinajstić information content (AvgIpc) is 2.50. The molecule has 0 aromatic carbocycles. The van der Waals surface area contributed by atoms with Gasteiger partial charge in [0, 0.05) is 11.9 Å². The summed E-state index contributed by atoms with van der Waals surface area (Å²) in [5.74, 6) is 0.700. The van der Waals surface area contributed by atoms with Crippen LogP contribution < -0.4 is 5.32 Å². The molecule has 1 amide bonds. The summed E-state index contributed by atoms with van der Waals surface area (Å²) in [5.41, 5.74) is 1.99. The van der Waals surface area contributed by atoms with E-state index in [4.69, 9.17) is 0 Å². The second-order valence-electron chi connectivity index (χ2n) is 3.63. The van der Waals surface area contributed by atoms with Gasteiger partial charge < -0.3 is 5.32 Å². The van der Waals surface area contributed by atoms with Crippen LogP contribution in [-0.4, -0.2) is 17.9 Å². The van der Waals surface area contributed by atoms with Gasteiger partial charge in [-0.25, -0.2) is 0 Å². The van der Waals surface area contributed by atoms with Gasteiger partial charge in [-0.3, -0.25) is 9.69 Å². The summed E-state index contributed by atoms with van der Waals surface area (Å²) >= 11 is 1.63. The number of rotatable bonds is 1. The van der Waals surface area contributed by atoms with Gasteiger partial charge in [-0.05, 0) is 18.9 Å². The zero-order valence-electron chi connectivity index (χ0n) is 9.18. The molecule has 0 radical (unpaired) electrons. The monoisotopic (exact) mass is 222 g/mol. The molecule has 1 N–H and O–H groups in total. The van der Waals surface area contributed by atoms with E-state index in [-0.39, 0.29) is 5.91 Å². The van der Waals surface area contributed by atoms with E-state index in [1.54, 1.807) is 23.3 Å². The average molecular weight is 222 g/mol. The van der Waals surface area contributed by atoms with Crippen molar-refractivity contribution in [2.24, 2.45) is 0 Å². The Morgan fingerprint density at radius 1 is 1.53 bits per heavy atom. The predicted molar refractivity (Wildman–Crippen MR) is 63.3 cm³/mol. The smallest absolute Gasteiger partial charge is 0.262 e. The Hall–Kier alpha value is -1.29. The first-order chi connectivity index (χ1) is 7.06. The SMILES string of the molecule is C=C1Nc2sc(C)c(CC)c2C(=O)N1C. The van der Waals surface area contributed by atoms with Gasteiger partial charge in [0.2, 0.25) is 0 Å². The van der Waals surface area contributed by atoms with Crippen molar-refractivity contribution in [2.45, 2.75) is 20.3 Å². The molecule has 0 saturated carbocycles. The first-order valence-electron chi connectivity index (χ1n) is 4.92. The third-order valence-electron chi connectivity index (χ3n) is 2.74. The molecule has 15 heavy (non-hydrogen) atoms. The molecule has 1 aromatic rings. The lowest BCUT2D eigenvalue weighted by atomic mass is 10.1. The zero-order valence-corrected chi connectivity index (χ0v) is 9.99. The Labute approximate surface area is 93.4 Å². The number of fused-ring (bicyclic) bond motifs is 1. The van der Waals surface area contributed by atoms with Crippen LogP contribution in [-0.2, 0) is 6.42 Å². The van der Waals surface area contributed by atoms with E-state index < -0.39 is 0 Å². The largest absolute Gasteiger partial charge is 0.333 e. The summed E-state index contributed by atoms with van der Waals surface area (Å²) in [6.45, 7) is 7.94. The highest BCUT2D eigenvalue weighted by Crippen LogP contribution is 2.37. The maximum atomic E-state index is 12.1. The van der Waals surface area contributed by atoms with Crippen molar-refractivity contribution in [1.29, 1.82) is 0 Å². The fourth-order valence-electron chi connectivity index (χ4n) is 1.82. The van der Waals surface area contributed by atoms with Gasteiger partial charge in [0.1, 0.15) is 10.8 Å². The van der Waals surface area contributed by atoms with Gasteiger partial charge in [-0.15, -0.1) is 11.3 Å². The van der Waals surface area contributed by atoms with Crippen LogP contribution in [0.5, 0.6) is 0 Å². The normalized spacial score (nSPS) is 15.3. The molecule has 2 heterocycles. The number of carbonyl (C=O) groups excluding carboxylic acids is 1. The summed E-state index contributed by atoms with van der Waals surface area (Å²) in [5, 5.41) is 4.11. The van der Waals surface area contributed by atoms with Crippen LogP contribution in [0.4, 0.5) is 5.00 Å². The minimum Gasteiger partial charge on any atom is -0.333 e. The van der Waals surface area contributed by atoms with Gasteiger partial charge in [0.05, 0.1) is 5.56 Å². The van der Waals surface area contributed by atoms with Gasteiger partial charge in [0.15, 0.2) is 0 Å². The number of thiophene rings is 1. The summed E-state index contributed by atoms with van der Waals surface area (Å²) in [6.07, 6.45) is 0.894. The number of anilines is 1. The Balaban J connectivity index is 2.61. The Kier molecular flexibility index (Phi) is 2.31. The molecule has 0 spiro atoms. The molecule has 2 rings (SSSR count). The van der Waals surface area contributed by atoms with Crippen molar-refractivity contribution < 1.29 is 4.79 Å². The topological polar surface area (TPSA) is 32.3 Å². The van der Waals surface area contributed by atoms with Crippen LogP contribution in [0.15, 0.2) is 12.4 Å².